The van der Waals surface area contributed by atoms with Gasteiger partial charge in [0.1, 0.15) is 18.5 Å². The molecule has 0 aromatic heterocycles. The minimum Gasteiger partial charge on any atom is -0.462 e. The smallest absolute Gasteiger partial charge is 0.462 e. The Bertz CT molecular complexity index is 1270. The molecule has 1 fully saturated rings. The number of phosphoric acid groups is 1. The van der Waals surface area contributed by atoms with Gasteiger partial charge in [-0.15, -0.1) is 0 Å². The fourth-order valence-corrected chi connectivity index (χ4v) is 7.17. The standard InChI is InChI=1S/C44H75O13P/c1-3-5-7-8-9-10-11-12-13-14-15-16-17-18-24-28-44(51)57-38(35-56-58(52,53)55-33-37(47)32-45)34-54-43(50)27-23-20-19-22-26-39-40(42(49)31-41(39)48)30-29-36(46)25-21-6-4-2/h10-13,19,22,29-30,36-40,42,45-47,49H,3-9,14-18,20-21,23-28,31-35H2,1-2H3,(H,52,53)/b11-10-,13-12-,22-19-,30-29+/t36-,37-,38+,39+,40+,42+/m0/s1. The molecule has 0 aromatic carbocycles. The lowest BCUT2D eigenvalue weighted by Gasteiger charge is -2.20. The number of allylic oxidation sites excluding steroid dienone is 6. The minimum absolute atomic E-state index is 0.0205. The summed E-state index contributed by atoms with van der Waals surface area (Å²) in [5, 5.41) is 39.0. The molecule has 58 heavy (non-hydrogen) atoms. The van der Waals surface area contributed by atoms with E-state index >= 15 is 0 Å². The van der Waals surface area contributed by atoms with Crippen LogP contribution in [-0.2, 0) is 37.5 Å². The van der Waals surface area contributed by atoms with Crippen molar-refractivity contribution in [2.24, 2.45) is 11.8 Å². The van der Waals surface area contributed by atoms with Crippen molar-refractivity contribution in [3.05, 3.63) is 48.6 Å². The molecular formula is C44H75O13P. The molecule has 0 spiro atoms. The van der Waals surface area contributed by atoms with Crippen molar-refractivity contribution in [1.82, 2.24) is 0 Å². The maximum atomic E-state index is 12.6. The molecule has 1 saturated carbocycles. The molecule has 0 bridgehead atoms. The van der Waals surface area contributed by atoms with Crippen molar-refractivity contribution in [3.63, 3.8) is 0 Å². The first kappa shape index (κ1) is 53.5. The molecule has 0 amide bonds. The second-order valence-corrected chi connectivity index (χ2v) is 16.6. The van der Waals surface area contributed by atoms with Gasteiger partial charge in [-0.2, -0.15) is 0 Å². The summed E-state index contributed by atoms with van der Waals surface area (Å²) in [6.07, 6.45) is 28.7. The van der Waals surface area contributed by atoms with Crippen molar-refractivity contribution in [1.29, 1.82) is 0 Å². The lowest BCUT2D eigenvalue weighted by Crippen LogP contribution is -2.29. The van der Waals surface area contributed by atoms with E-state index in [2.05, 4.69) is 42.7 Å². The Morgan fingerprint density at radius 3 is 2.07 bits per heavy atom. The van der Waals surface area contributed by atoms with Gasteiger partial charge in [0.25, 0.3) is 0 Å². The molecule has 1 unspecified atom stereocenters. The fourth-order valence-electron chi connectivity index (χ4n) is 6.38. The quantitative estimate of drug-likeness (QED) is 0.0134. The van der Waals surface area contributed by atoms with Gasteiger partial charge in [0.2, 0.25) is 0 Å². The Kier molecular flexibility index (Phi) is 31.6. The lowest BCUT2D eigenvalue weighted by molar-refractivity contribution is -0.161. The topological polar surface area (TPSA) is 206 Å². The summed E-state index contributed by atoms with van der Waals surface area (Å²) < 4.78 is 32.6. The van der Waals surface area contributed by atoms with Crippen LogP contribution in [0.2, 0.25) is 0 Å². The van der Waals surface area contributed by atoms with Gasteiger partial charge in [0.15, 0.2) is 6.10 Å². The number of hydrogen-bond acceptors (Lipinski definition) is 12. The highest BCUT2D eigenvalue weighted by atomic mass is 31.2. The molecular weight excluding hydrogens is 767 g/mol. The molecule has 0 aromatic rings. The summed E-state index contributed by atoms with van der Waals surface area (Å²) >= 11 is 0. The Labute approximate surface area is 347 Å². The highest BCUT2D eigenvalue weighted by Gasteiger charge is 2.39. The third kappa shape index (κ3) is 28.1. The number of phosphoric ester groups is 1. The van der Waals surface area contributed by atoms with Gasteiger partial charge in [0, 0.05) is 31.1 Å². The van der Waals surface area contributed by atoms with E-state index < -0.39 is 70.6 Å². The number of carbonyl (C=O) groups excluding carboxylic acids is 3. The molecule has 5 N–H and O–H groups in total. The fraction of sp³-hybridized carbons (Fsp3) is 0.750. The number of ketones is 1. The van der Waals surface area contributed by atoms with Crippen LogP contribution >= 0.6 is 7.82 Å². The zero-order valence-corrected chi connectivity index (χ0v) is 36.1. The molecule has 0 radical (unpaired) electrons. The van der Waals surface area contributed by atoms with E-state index in [1.54, 1.807) is 12.2 Å². The average Bonchev–Trinajstić information content (AvgIpc) is 3.47. The SMILES string of the molecule is CCCCCC/C=C\C=C/CCCCCCCC(=O)O[C@H](COC(=O)CCC/C=C\C[C@H]1C(=O)C[C@@H](O)[C@@H]1/C=C/[C@@H](O)CCCCC)COP(=O)(O)OC[C@@H](O)CO. The monoisotopic (exact) mass is 842 g/mol. The number of hydrogen-bond donors (Lipinski definition) is 5. The summed E-state index contributed by atoms with van der Waals surface area (Å²) in [5.41, 5.74) is 0. The molecule has 14 heteroatoms. The van der Waals surface area contributed by atoms with Gasteiger partial charge in [0.05, 0.1) is 32.0 Å². The predicted molar refractivity (Wildman–Crippen MR) is 225 cm³/mol. The van der Waals surface area contributed by atoms with Crippen LogP contribution in [-0.4, -0.2) is 93.9 Å². The highest BCUT2D eigenvalue weighted by Crippen LogP contribution is 2.43. The lowest BCUT2D eigenvalue weighted by atomic mass is 9.90. The van der Waals surface area contributed by atoms with Crippen molar-refractivity contribution in [2.75, 3.05) is 26.4 Å². The minimum atomic E-state index is -4.69. The number of unbranched alkanes of at least 4 members (excludes halogenated alkanes) is 12. The third-order valence-electron chi connectivity index (χ3n) is 9.85. The molecule has 0 heterocycles. The van der Waals surface area contributed by atoms with Gasteiger partial charge in [-0.05, 0) is 57.8 Å². The second-order valence-electron chi connectivity index (χ2n) is 15.2. The van der Waals surface area contributed by atoms with Crippen LogP contribution in [0.25, 0.3) is 0 Å². The van der Waals surface area contributed by atoms with E-state index in [1.165, 1.54) is 25.7 Å². The third-order valence-corrected chi connectivity index (χ3v) is 10.8. The first-order valence-electron chi connectivity index (χ1n) is 21.7. The van der Waals surface area contributed by atoms with Gasteiger partial charge in [-0.25, -0.2) is 4.57 Å². The summed E-state index contributed by atoms with van der Waals surface area (Å²) in [6.45, 7) is 1.92. The maximum absolute atomic E-state index is 12.6. The molecule has 0 aliphatic heterocycles. The van der Waals surface area contributed by atoms with Crippen LogP contribution in [0.5, 0.6) is 0 Å². The zero-order valence-electron chi connectivity index (χ0n) is 35.2. The van der Waals surface area contributed by atoms with E-state index in [-0.39, 0.29) is 36.9 Å². The van der Waals surface area contributed by atoms with E-state index in [4.69, 9.17) is 19.1 Å². The Balaban J connectivity index is 2.50. The number of rotatable bonds is 36. The number of ether oxygens (including phenoxy) is 2. The molecule has 334 valence electrons. The summed E-state index contributed by atoms with van der Waals surface area (Å²) in [6, 6.07) is 0. The van der Waals surface area contributed by atoms with E-state index in [0.29, 0.717) is 32.1 Å². The number of carbonyl (C=O) groups is 3. The number of esters is 2. The summed E-state index contributed by atoms with van der Waals surface area (Å²) in [5.74, 6) is -1.91. The van der Waals surface area contributed by atoms with Crippen LogP contribution in [0.3, 0.4) is 0 Å². The van der Waals surface area contributed by atoms with Crippen LogP contribution in [0.15, 0.2) is 48.6 Å². The van der Waals surface area contributed by atoms with E-state index in [9.17, 15) is 39.2 Å². The first-order chi connectivity index (χ1) is 27.9. The molecule has 0 saturated heterocycles. The van der Waals surface area contributed by atoms with Crippen molar-refractivity contribution >= 4 is 25.5 Å². The average molecular weight is 843 g/mol. The highest BCUT2D eigenvalue weighted by molar-refractivity contribution is 7.47. The van der Waals surface area contributed by atoms with Crippen LogP contribution in [0.1, 0.15) is 149 Å². The number of aliphatic hydroxyl groups excluding tert-OH is 4. The normalized spacial score (nSPS) is 20.1. The molecule has 1 aliphatic rings. The van der Waals surface area contributed by atoms with E-state index in [0.717, 1.165) is 57.8 Å². The molecule has 1 rings (SSSR count). The van der Waals surface area contributed by atoms with Crippen molar-refractivity contribution in [2.45, 2.75) is 173 Å². The van der Waals surface area contributed by atoms with Gasteiger partial charge >= 0.3 is 19.8 Å². The van der Waals surface area contributed by atoms with Crippen molar-refractivity contribution in [3.8, 4) is 0 Å². The van der Waals surface area contributed by atoms with Gasteiger partial charge in [-0.1, -0.05) is 120 Å². The van der Waals surface area contributed by atoms with Crippen molar-refractivity contribution < 1.29 is 62.8 Å². The number of aliphatic hydroxyl groups is 4. The van der Waals surface area contributed by atoms with E-state index in [1.807, 2.05) is 12.2 Å². The summed E-state index contributed by atoms with van der Waals surface area (Å²) in [7, 11) is -4.69. The van der Waals surface area contributed by atoms with Crippen LogP contribution in [0.4, 0.5) is 0 Å². The van der Waals surface area contributed by atoms with Crippen LogP contribution in [0, 0.1) is 11.8 Å². The largest absolute Gasteiger partial charge is 0.472 e. The molecule has 13 nitrogen and oxygen atoms in total. The Hall–Kier alpha value is -2.48. The Morgan fingerprint density at radius 2 is 1.38 bits per heavy atom. The number of Topliss-reactive ketones (excluding diaryl/α,β-unsaturated/α-hetero) is 1. The zero-order chi connectivity index (χ0) is 42.9. The first-order valence-corrected chi connectivity index (χ1v) is 23.2. The van der Waals surface area contributed by atoms with Gasteiger partial charge in [-0.3, -0.25) is 23.4 Å². The Morgan fingerprint density at radius 1 is 0.776 bits per heavy atom. The maximum Gasteiger partial charge on any atom is 0.472 e. The molecule has 1 aliphatic carbocycles. The predicted octanol–water partition coefficient (Wildman–Crippen LogP) is 7.92. The van der Waals surface area contributed by atoms with Gasteiger partial charge < -0.3 is 34.8 Å². The second kappa shape index (κ2) is 34.3. The van der Waals surface area contributed by atoms with Crippen LogP contribution < -0.4 is 0 Å². The molecule has 7 atom stereocenters. The summed E-state index contributed by atoms with van der Waals surface area (Å²) in [4.78, 5) is 47.7.